The lowest BCUT2D eigenvalue weighted by Crippen LogP contribution is -2.41. The number of aromatic nitrogens is 2. The van der Waals surface area contributed by atoms with Crippen LogP contribution in [0.25, 0.3) is 0 Å². The summed E-state index contributed by atoms with van der Waals surface area (Å²) < 4.78 is 13.5. The van der Waals surface area contributed by atoms with Gasteiger partial charge in [0.05, 0.1) is 6.54 Å². The second-order valence-electron chi connectivity index (χ2n) is 6.77. The Balaban J connectivity index is 1.51. The molecule has 4 heteroatoms. The van der Waals surface area contributed by atoms with E-state index in [0.29, 0.717) is 18.0 Å². The highest BCUT2D eigenvalue weighted by atomic mass is 19.1. The Morgan fingerprint density at radius 1 is 1.27 bits per heavy atom. The smallest absolute Gasteiger partial charge is 0.126 e. The summed E-state index contributed by atoms with van der Waals surface area (Å²) in [6.07, 6.45) is 8.64. The van der Waals surface area contributed by atoms with Gasteiger partial charge in [-0.3, -0.25) is 4.90 Å². The summed E-state index contributed by atoms with van der Waals surface area (Å²) in [5, 5.41) is 0. The Hall–Kier alpha value is -1.68. The molecular formula is C18H22FN3. The third kappa shape index (κ3) is 2.45. The summed E-state index contributed by atoms with van der Waals surface area (Å²) in [6, 6.07) is 6.93. The molecule has 3 atom stereocenters. The van der Waals surface area contributed by atoms with Gasteiger partial charge in [-0.15, -0.1) is 0 Å². The molecule has 1 aromatic heterocycles. The van der Waals surface area contributed by atoms with Gasteiger partial charge in [0.2, 0.25) is 0 Å². The Bertz CT molecular complexity index is 638. The van der Waals surface area contributed by atoms with E-state index in [4.69, 9.17) is 0 Å². The molecule has 22 heavy (non-hydrogen) atoms. The lowest BCUT2D eigenvalue weighted by molar-refractivity contribution is 0.115. The number of hydrogen-bond acceptors (Lipinski definition) is 2. The van der Waals surface area contributed by atoms with E-state index in [9.17, 15) is 4.39 Å². The molecule has 2 fully saturated rings. The van der Waals surface area contributed by atoms with Gasteiger partial charge in [-0.2, -0.15) is 0 Å². The van der Waals surface area contributed by atoms with Gasteiger partial charge in [-0.1, -0.05) is 12.1 Å². The molecule has 2 saturated heterocycles. The zero-order valence-corrected chi connectivity index (χ0v) is 12.9. The third-order valence-electron chi connectivity index (χ3n) is 5.42. The Morgan fingerprint density at radius 3 is 2.68 bits per heavy atom. The monoisotopic (exact) mass is 299 g/mol. The van der Waals surface area contributed by atoms with E-state index in [0.717, 1.165) is 17.9 Å². The van der Waals surface area contributed by atoms with E-state index in [-0.39, 0.29) is 5.82 Å². The second-order valence-corrected chi connectivity index (χ2v) is 6.77. The SMILES string of the molecule is Cc1cc(C2C[C@H]3CC[C@@H](C2)N3Cc2ncc[nH]2)ccc1F. The largest absolute Gasteiger partial charge is 0.348 e. The summed E-state index contributed by atoms with van der Waals surface area (Å²) in [6.45, 7) is 2.79. The molecule has 0 aliphatic carbocycles. The Kier molecular flexibility index (Phi) is 3.49. The molecule has 2 bridgehead atoms. The minimum absolute atomic E-state index is 0.0954. The molecule has 1 N–H and O–H groups in total. The molecule has 0 spiro atoms. The van der Waals surface area contributed by atoms with Crippen molar-refractivity contribution in [1.82, 2.24) is 14.9 Å². The first-order valence-corrected chi connectivity index (χ1v) is 8.21. The van der Waals surface area contributed by atoms with Crippen LogP contribution in [0.4, 0.5) is 4.39 Å². The first kappa shape index (κ1) is 13.9. The first-order valence-electron chi connectivity index (χ1n) is 8.21. The van der Waals surface area contributed by atoms with Crippen molar-refractivity contribution in [2.75, 3.05) is 0 Å². The molecule has 0 saturated carbocycles. The fourth-order valence-corrected chi connectivity index (χ4v) is 4.28. The van der Waals surface area contributed by atoms with E-state index in [2.05, 4.69) is 14.9 Å². The van der Waals surface area contributed by atoms with Crippen molar-refractivity contribution in [1.29, 1.82) is 0 Å². The average Bonchev–Trinajstić information content (AvgIpc) is 3.09. The van der Waals surface area contributed by atoms with Gasteiger partial charge in [0.25, 0.3) is 0 Å². The van der Waals surface area contributed by atoms with Gasteiger partial charge >= 0.3 is 0 Å². The highest BCUT2D eigenvalue weighted by Crippen LogP contribution is 2.43. The van der Waals surface area contributed by atoms with Crippen LogP contribution in [0.15, 0.2) is 30.6 Å². The van der Waals surface area contributed by atoms with Crippen molar-refractivity contribution in [2.24, 2.45) is 0 Å². The molecular weight excluding hydrogens is 277 g/mol. The summed E-state index contributed by atoms with van der Waals surface area (Å²) in [4.78, 5) is 10.2. The molecule has 1 unspecified atom stereocenters. The molecule has 2 aliphatic heterocycles. The van der Waals surface area contributed by atoms with Gasteiger partial charge in [-0.05, 0) is 55.7 Å². The van der Waals surface area contributed by atoms with Gasteiger partial charge in [-0.25, -0.2) is 9.37 Å². The van der Waals surface area contributed by atoms with Crippen LogP contribution in [-0.4, -0.2) is 27.0 Å². The minimum Gasteiger partial charge on any atom is -0.348 e. The maximum Gasteiger partial charge on any atom is 0.126 e. The maximum atomic E-state index is 13.5. The van der Waals surface area contributed by atoms with Crippen molar-refractivity contribution >= 4 is 0 Å². The lowest BCUT2D eigenvalue weighted by Gasteiger charge is -2.38. The van der Waals surface area contributed by atoms with Crippen LogP contribution < -0.4 is 0 Å². The topological polar surface area (TPSA) is 31.9 Å². The predicted octanol–water partition coefficient (Wildman–Crippen LogP) is 3.77. The Morgan fingerprint density at radius 2 is 2.05 bits per heavy atom. The zero-order valence-electron chi connectivity index (χ0n) is 12.9. The average molecular weight is 299 g/mol. The van der Waals surface area contributed by atoms with Crippen LogP contribution in [0.1, 0.15) is 48.6 Å². The molecule has 3 nitrogen and oxygen atoms in total. The second kappa shape index (κ2) is 5.51. The molecule has 2 aromatic rings. The summed E-state index contributed by atoms with van der Waals surface area (Å²) in [5.41, 5.74) is 2.08. The van der Waals surface area contributed by atoms with E-state index >= 15 is 0 Å². The van der Waals surface area contributed by atoms with Gasteiger partial charge in [0, 0.05) is 24.5 Å². The number of nitrogens with one attached hydrogen (secondary N) is 1. The molecule has 3 heterocycles. The van der Waals surface area contributed by atoms with E-state index < -0.39 is 0 Å². The van der Waals surface area contributed by atoms with Crippen molar-refractivity contribution in [2.45, 2.75) is 57.2 Å². The van der Waals surface area contributed by atoms with Crippen LogP contribution >= 0.6 is 0 Å². The number of hydrogen-bond donors (Lipinski definition) is 1. The summed E-state index contributed by atoms with van der Waals surface area (Å²) in [7, 11) is 0. The maximum absolute atomic E-state index is 13.5. The summed E-state index contributed by atoms with van der Waals surface area (Å²) in [5.74, 6) is 1.54. The first-order chi connectivity index (χ1) is 10.7. The van der Waals surface area contributed by atoms with Gasteiger partial charge in [0.1, 0.15) is 11.6 Å². The normalized spacial score (nSPS) is 28.2. The Labute approximate surface area is 130 Å². The predicted molar refractivity (Wildman–Crippen MR) is 84.1 cm³/mol. The quantitative estimate of drug-likeness (QED) is 0.935. The molecule has 116 valence electrons. The highest BCUT2D eigenvalue weighted by Gasteiger charge is 2.41. The number of fused-ring (bicyclic) bond motifs is 2. The molecule has 0 amide bonds. The van der Waals surface area contributed by atoms with Gasteiger partial charge < -0.3 is 4.98 Å². The number of H-pyrrole nitrogens is 1. The van der Waals surface area contributed by atoms with Crippen LogP contribution in [0.2, 0.25) is 0 Å². The van der Waals surface area contributed by atoms with E-state index in [1.807, 2.05) is 31.5 Å². The van der Waals surface area contributed by atoms with Crippen LogP contribution in [-0.2, 0) is 6.54 Å². The number of rotatable bonds is 3. The van der Waals surface area contributed by atoms with E-state index in [1.54, 1.807) is 6.07 Å². The number of halogens is 1. The number of benzene rings is 1. The highest BCUT2D eigenvalue weighted by molar-refractivity contribution is 5.28. The molecule has 4 rings (SSSR count). The number of piperidine rings is 1. The fourth-order valence-electron chi connectivity index (χ4n) is 4.28. The minimum atomic E-state index is -0.0954. The molecule has 1 aromatic carbocycles. The van der Waals surface area contributed by atoms with Crippen LogP contribution in [0.5, 0.6) is 0 Å². The number of nitrogens with zero attached hydrogens (tertiary/aromatic N) is 2. The summed E-state index contributed by atoms with van der Waals surface area (Å²) >= 11 is 0. The molecule has 0 radical (unpaired) electrons. The van der Waals surface area contributed by atoms with Gasteiger partial charge in [0.15, 0.2) is 0 Å². The fraction of sp³-hybridized carbons (Fsp3) is 0.500. The van der Waals surface area contributed by atoms with Crippen LogP contribution in [0.3, 0.4) is 0 Å². The van der Waals surface area contributed by atoms with Crippen molar-refractivity contribution in [3.63, 3.8) is 0 Å². The lowest BCUT2D eigenvalue weighted by atomic mass is 9.84. The third-order valence-corrected chi connectivity index (χ3v) is 5.42. The zero-order chi connectivity index (χ0) is 15.1. The van der Waals surface area contributed by atoms with Crippen molar-refractivity contribution in [3.05, 3.63) is 53.4 Å². The standard InChI is InChI=1S/C18H22FN3/c1-12-8-13(2-5-17(12)19)14-9-15-3-4-16(10-14)22(15)11-18-20-6-7-21-18/h2,5-8,14-16H,3-4,9-11H2,1H3,(H,20,21)/t14?,15-,16+. The van der Waals surface area contributed by atoms with Crippen LogP contribution in [0, 0.1) is 12.7 Å². The van der Waals surface area contributed by atoms with Crippen molar-refractivity contribution in [3.8, 4) is 0 Å². The molecule has 2 aliphatic rings. The van der Waals surface area contributed by atoms with Crippen molar-refractivity contribution < 1.29 is 4.39 Å². The number of imidazole rings is 1. The number of aromatic amines is 1. The number of aryl methyl sites for hydroxylation is 1. The van der Waals surface area contributed by atoms with E-state index in [1.165, 1.54) is 31.2 Å².